The lowest BCUT2D eigenvalue weighted by Gasteiger charge is -2.10. The molecule has 1 aromatic rings. The van der Waals surface area contributed by atoms with Crippen LogP contribution >= 0.6 is 0 Å². The molecule has 76 valence electrons. The number of carboxylic acid groups (broad SMARTS) is 1. The van der Waals surface area contributed by atoms with Crippen LogP contribution in [0.5, 0.6) is 5.75 Å². The van der Waals surface area contributed by atoms with E-state index in [2.05, 4.69) is 0 Å². The average Bonchev–Trinajstić information content (AvgIpc) is 2.18. The maximum Gasteiger partial charge on any atom is 0.344 e. The van der Waals surface area contributed by atoms with Gasteiger partial charge >= 0.3 is 5.97 Å². The topological polar surface area (TPSA) is 46.5 Å². The Labute approximate surface area is 83.3 Å². The van der Waals surface area contributed by atoms with Crippen LogP contribution in [0.4, 0.5) is 0 Å². The highest BCUT2D eigenvalue weighted by Gasteiger charge is 2.11. The molecule has 14 heavy (non-hydrogen) atoms. The molecule has 1 N–H and O–H groups in total. The second-order valence-corrected chi connectivity index (χ2v) is 3.10. The van der Waals surface area contributed by atoms with Crippen LogP contribution in [0.25, 0.3) is 0 Å². The highest BCUT2D eigenvalue weighted by Crippen LogP contribution is 2.15. The minimum Gasteiger partial charge on any atom is -0.479 e. The van der Waals surface area contributed by atoms with Gasteiger partial charge in [-0.2, -0.15) is 0 Å². The summed E-state index contributed by atoms with van der Waals surface area (Å²) in [6.07, 6.45) is 0.112. The van der Waals surface area contributed by atoms with Crippen LogP contribution < -0.4 is 4.74 Å². The summed E-state index contributed by atoms with van der Waals surface area (Å²) >= 11 is 0. The van der Waals surface area contributed by atoms with E-state index in [4.69, 9.17) is 9.84 Å². The first kappa shape index (κ1) is 10.6. The highest BCUT2D eigenvalue weighted by atomic mass is 16.5. The Balaban J connectivity index is 2.71. The SMILES string of the molecule is CCc1cccc(OC(C)C(=O)O)c1. The number of rotatable bonds is 4. The largest absolute Gasteiger partial charge is 0.479 e. The lowest BCUT2D eigenvalue weighted by Crippen LogP contribution is -2.22. The third-order valence-electron chi connectivity index (χ3n) is 1.97. The van der Waals surface area contributed by atoms with E-state index in [1.165, 1.54) is 6.92 Å². The Hall–Kier alpha value is -1.51. The van der Waals surface area contributed by atoms with Gasteiger partial charge in [-0.3, -0.25) is 0 Å². The van der Waals surface area contributed by atoms with Gasteiger partial charge in [-0.25, -0.2) is 4.79 Å². The molecule has 1 aromatic carbocycles. The van der Waals surface area contributed by atoms with Crippen LogP contribution in [0.3, 0.4) is 0 Å². The van der Waals surface area contributed by atoms with Gasteiger partial charge in [0.25, 0.3) is 0 Å². The fourth-order valence-corrected chi connectivity index (χ4v) is 1.09. The van der Waals surface area contributed by atoms with Crippen molar-refractivity contribution in [1.82, 2.24) is 0 Å². The van der Waals surface area contributed by atoms with Gasteiger partial charge in [0.2, 0.25) is 0 Å². The van der Waals surface area contributed by atoms with Crippen LogP contribution in [0.15, 0.2) is 24.3 Å². The van der Waals surface area contributed by atoms with Crippen molar-refractivity contribution >= 4 is 5.97 Å². The van der Waals surface area contributed by atoms with Crippen molar-refractivity contribution < 1.29 is 14.6 Å². The first-order chi connectivity index (χ1) is 6.63. The van der Waals surface area contributed by atoms with Gasteiger partial charge in [-0.15, -0.1) is 0 Å². The van der Waals surface area contributed by atoms with E-state index in [-0.39, 0.29) is 0 Å². The number of ether oxygens (including phenoxy) is 1. The van der Waals surface area contributed by atoms with E-state index in [9.17, 15) is 4.79 Å². The van der Waals surface area contributed by atoms with E-state index >= 15 is 0 Å². The molecule has 3 heteroatoms. The summed E-state index contributed by atoms with van der Waals surface area (Å²) in [5.41, 5.74) is 1.14. The molecule has 1 atom stereocenters. The summed E-state index contributed by atoms with van der Waals surface area (Å²) in [7, 11) is 0. The van der Waals surface area contributed by atoms with Gasteiger partial charge in [0, 0.05) is 0 Å². The molecule has 0 bridgehead atoms. The summed E-state index contributed by atoms with van der Waals surface area (Å²) < 4.78 is 5.22. The lowest BCUT2D eigenvalue weighted by atomic mass is 10.2. The number of hydrogen-bond donors (Lipinski definition) is 1. The highest BCUT2D eigenvalue weighted by molar-refractivity contribution is 5.72. The Kier molecular flexibility index (Phi) is 3.51. The zero-order valence-electron chi connectivity index (χ0n) is 8.36. The quantitative estimate of drug-likeness (QED) is 0.798. The molecule has 0 amide bonds. The summed E-state index contributed by atoms with van der Waals surface area (Å²) in [6.45, 7) is 3.56. The summed E-state index contributed by atoms with van der Waals surface area (Å²) in [5, 5.41) is 8.64. The molecule has 0 aliphatic heterocycles. The van der Waals surface area contributed by atoms with Gasteiger partial charge in [0.1, 0.15) is 5.75 Å². The van der Waals surface area contributed by atoms with Gasteiger partial charge in [0.05, 0.1) is 0 Å². The van der Waals surface area contributed by atoms with Crippen LogP contribution in [-0.4, -0.2) is 17.2 Å². The molecular weight excluding hydrogens is 180 g/mol. The number of benzene rings is 1. The maximum absolute atomic E-state index is 10.5. The maximum atomic E-state index is 10.5. The molecule has 0 radical (unpaired) electrons. The van der Waals surface area contributed by atoms with E-state index in [1.54, 1.807) is 6.07 Å². The van der Waals surface area contributed by atoms with Crippen molar-refractivity contribution in [2.75, 3.05) is 0 Å². The second-order valence-electron chi connectivity index (χ2n) is 3.10. The van der Waals surface area contributed by atoms with Crippen molar-refractivity contribution in [3.8, 4) is 5.75 Å². The predicted molar refractivity (Wildman–Crippen MR) is 53.5 cm³/mol. The molecule has 0 saturated heterocycles. The summed E-state index contributed by atoms with van der Waals surface area (Å²) in [4.78, 5) is 10.5. The van der Waals surface area contributed by atoms with E-state index in [0.717, 1.165) is 12.0 Å². The van der Waals surface area contributed by atoms with Gasteiger partial charge < -0.3 is 9.84 Å². The second kappa shape index (κ2) is 4.65. The summed E-state index contributed by atoms with van der Waals surface area (Å²) in [6, 6.07) is 7.47. The number of hydrogen-bond acceptors (Lipinski definition) is 2. The van der Waals surface area contributed by atoms with E-state index < -0.39 is 12.1 Å². The number of aryl methyl sites for hydroxylation is 1. The van der Waals surface area contributed by atoms with E-state index in [0.29, 0.717) is 5.75 Å². The Morgan fingerprint density at radius 3 is 2.86 bits per heavy atom. The Morgan fingerprint density at radius 2 is 2.29 bits per heavy atom. The third kappa shape index (κ3) is 2.76. The molecule has 0 saturated carbocycles. The Bertz CT molecular complexity index is 320. The summed E-state index contributed by atoms with van der Waals surface area (Å²) in [5.74, 6) is -0.342. The van der Waals surface area contributed by atoms with Gasteiger partial charge in [-0.1, -0.05) is 19.1 Å². The van der Waals surface area contributed by atoms with Crippen molar-refractivity contribution in [1.29, 1.82) is 0 Å². The first-order valence-corrected chi connectivity index (χ1v) is 4.62. The molecule has 0 aliphatic rings. The molecule has 0 spiro atoms. The zero-order chi connectivity index (χ0) is 10.6. The fraction of sp³-hybridized carbons (Fsp3) is 0.364. The molecule has 3 nitrogen and oxygen atoms in total. The van der Waals surface area contributed by atoms with Crippen LogP contribution in [0.1, 0.15) is 19.4 Å². The smallest absolute Gasteiger partial charge is 0.344 e. The molecule has 0 heterocycles. The van der Waals surface area contributed by atoms with Crippen LogP contribution in [0.2, 0.25) is 0 Å². The number of carbonyl (C=O) groups is 1. The molecule has 0 aliphatic carbocycles. The number of aliphatic carboxylic acids is 1. The fourth-order valence-electron chi connectivity index (χ4n) is 1.09. The monoisotopic (exact) mass is 194 g/mol. The zero-order valence-corrected chi connectivity index (χ0v) is 8.36. The molecular formula is C11H14O3. The lowest BCUT2D eigenvalue weighted by molar-refractivity contribution is -0.144. The van der Waals surface area contributed by atoms with Crippen LogP contribution in [0, 0.1) is 0 Å². The standard InChI is InChI=1S/C11H14O3/c1-3-9-5-4-6-10(7-9)14-8(2)11(12)13/h4-8H,3H2,1-2H3,(H,12,13). The molecule has 1 rings (SSSR count). The van der Waals surface area contributed by atoms with Gasteiger partial charge in [-0.05, 0) is 31.0 Å². The minimum absolute atomic E-state index is 0.610. The van der Waals surface area contributed by atoms with Crippen molar-refractivity contribution in [2.45, 2.75) is 26.4 Å². The minimum atomic E-state index is -0.952. The van der Waals surface area contributed by atoms with Gasteiger partial charge in [0.15, 0.2) is 6.10 Å². The molecule has 0 fully saturated rings. The first-order valence-electron chi connectivity index (χ1n) is 4.62. The van der Waals surface area contributed by atoms with Crippen molar-refractivity contribution in [2.24, 2.45) is 0 Å². The van der Waals surface area contributed by atoms with Crippen molar-refractivity contribution in [3.05, 3.63) is 29.8 Å². The molecule has 1 unspecified atom stereocenters. The van der Waals surface area contributed by atoms with Crippen molar-refractivity contribution in [3.63, 3.8) is 0 Å². The van der Waals surface area contributed by atoms with E-state index in [1.807, 2.05) is 25.1 Å². The average molecular weight is 194 g/mol. The third-order valence-corrected chi connectivity index (χ3v) is 1.97. The normalized spacial score (nSPS) is 12.1. The molecule has 0 aromatic heterocycles. The number of carboxylic acids is 1. The van der Waals surface area contributed by atoms with Crippen LogP contribution in [-0.2, 0) is 11.2 Å². The Morgan fingerprint density at radius 1 is 1.57 bits per heavy atom. The predicted octanol–water partition coefficient (Wildman–Crippen LogP) is 2.10.